The maximum atomic E-state index is 11.0. The molecule has 1 aliphatic rings. The number of carbonyl (C=O) groups is 1. The minimum Gasteiger partial charge on any atom is -0.481 e. The highest BCUT2D eigenvalue weighted by atomic mass is 16.5. The van der Waals surface area contributed by atoms with E-state index in [4.69, 9.17) is 15.2 Å². The van der Waals surface area contributed by atoms with E-state index in [1.807, 2.05) is 36.4 Å². The molecule has 3 aromatic rings. The van der Waals surface area contributed by atoms with Crippen LogP contribution in [0.15, 0.2) is 54.9 Å². The summed E-state index contributed by atoms with van der Waals surface area (Å²) in [5.74, 6) is 0.993. The Bertz CT molecular complexity index is 990. The van der Waals surface area contributed by atoms with E-state index in [0.717, 1.165) is 34.2 Å². The Morgan fingerprint density at radius 1 is 1.10 bits per heavy atom. The average Bonchev–Trinajstić information content (AvgIpc) is 2.80. The molecule has 1 fully saturated rings. The van der Waals surface area contributed by atoms with E-state index in [0.29, 0.717) is 31.4 Å². The van der Waals surface area contributed by atoms with Gasteiger partial charge in [-0.2, -0.15) is 0 Å². The molecule has 1 aliphatic heterocycles. The van der Waals surface area contributed by atoms with Gasteiger partial charge in [0.2, 0.25) is 12.3 Å². The highest BCUT2D eigenvalue weighted by Gasteiger charge is 2.20. The zero-order valence-electron chi connectivity index (χ0n) is 16.1. The van der Waals surface area contributed by atoms with Gasteiger partial charge in [-0.3, -0.25) is 4.79 Å². The number of nitrogens with zero attached hydrogens (tertiary/aromatic N) is 3. The molecule has 148 valence electrons. The molecule has 2 N–H and O–H groups in total. The molecule has 0 spiro atoms. The van der Waals surface area contributed by atoms with Gasteiger partial charge in [0.15, 0.2) is 0 Å². The molecule has 1 saturated heterocycles. The topological polar surface area (TPSA) is 90.6 Å². The Morgan fingerprint density at radius 2 is 1.86 bits per heavy atom. The molecule has 0 saturated carbocycles. The first-order valence-corrected chi connectivity index (χ1v) is 9.35. The molecule has 1 amide bonds. The van der Waals surface area contributed by atoms with E-state index in [2.05, 4.69) is 9.97 Å². The molecule has 0 bridgehead atoms. The minimum absolute atomic E-state index is 0.103. The number of pyridine rings is 2. The monoisotopic (exact) mass is 390 g/mol. The second kappa shape index (κ2) is 8.28. The number of hydrogen-bond acceptors (Lipinski definition) is 6. The molecule has 1 unspecified atom stereocenters. The molecular formula is C22H22N4O3. The van der Waals surface area contributed by atoms with Crippen LogP contribution in [0.25, 0.3) is 22.3 Å². The van der Waals surface area contributed by atoms with Gasteiger partial charge in [0.1, 0.15) is 11.9 Å². The van der Waals surface area contributed by atoms with Crippen molar-refractivity contribution >= 4 is 12.2 Å². The summed E-state index contributed by atoms with van der Waals surface area (Å²) < 4.78 is 10.9. The predicted octanol–water partition coefficient (Wildman–Crippen LogP) is 2.93. The molecule has 4 rings (SSSR count). The van der Waals surface area contributed by atoms with Crippen LogP contribution in [0.4, 0.5) is 5.82 Å². The zero-order valence-corrected chi connectivity index (χ0v) is 16.1. The van der Waals surface area contributed by atoms with Crippen molar-refractivity contribution in [1.29, 1.82) is 0 Å². The minimum atomic E-state index is -0.103. The maximum absolute atomic E-state index is 11.0. The van der Waals surface area contributed by atoms with Crippen LogP contribution in [-0.4, -0.2) is 48.1 Å². The van der Waals surface area contributed by atoms with E-state index in [9.17, 15) is 4.79 Å². The van der Waals surface area contributed by atoms with Gasteiger partial charge >= 0.3 is 0 Å². The van der Waals surface area contributed by atoms with Crippen LogP contribution in [0.1, 0.15) is 11.7 Å². The van der Waals surface area contributed by atoms with E-state index in [-0.39, 0.29) is 6.10 Å². The number of carbonyl (C=O) groups excluding carboxylic acids is 1. The molecule has 0 aliphatic carbocycles. The molecule has 29 heavy (non-hydrogen) atoms. The summed E-state index contributed by atoms with van der Waals surface area (Å²) in [6.45, 7) is 1.76. The van der Waals surface area contributed by atoms with Gasteiger partial charge < -0.3 is 20.1 Å². The van der Waals surface area contributed by atoms with Gasteiger partial charge in [0.05, 0.1) is 20.3 Å². The molecule has 1 aromatic carbocycles. The van der Waals surface area contributed by atoms with Gasteiger partial charge in [-0.1, -0.05) is 24.3 Å². The van der Waals surface area contributed by atoms with Crippen LogP contribution in [0.5, 0.6) is 5.88 Å². The molecular weight excluding hydrogens is 368 g/mol. The van der Waals surface area contributed by atoms with Crippen molar-refractivity contribution < 1.29 is 14.3 Å². The molecule has 0 radical (unpaired) electrons. The first-order chi connectivity index (χ1) is 14.2. The van der Waals surface area contributed by atoms with Crippen molar-refractivity contribution in [3.8, 4) is 28.1 Å². The second-order valence-electron chi connectivity index (χ2n) is 6.83. The summed E-state index contributed by atoms with van der Waals surface area (Å²) in [6.07, 6.45) is 4.25. The normalized spacial score (nSPS) is 16.4. The molecule has 7 heteroatoms. The fourth-order valence-corrected chi connectivity index (χ4v) is 3.38. The Labute approximate surface area is 169 Å². The standard InChI is InChI=1S/C22H22N4O3/c1-28-21-7-6-17(11-24-21)19-10-18(12-25-22(19)23)15-2-4-16(5-3-15)20-13-26(14-27)8-9-29-20/h2-7,10-12,14,20H,8-9,13H2,1H3,(H2,23,25). The number of hydrogen-bond donors (Lipinski definition) is 1. The number of morpholine rings is 1. The highest BCUT2D eigenvalue weighted by molar-refractivity contribution is 5.79. The van der Waals surface area contributed by atoms with Crippen LogP contribution in [-0.2, 0) is 9.53 Å². The predicted molar refractivity (Wildman–Crippen MR) is 110 cm³/mol. The SMILES string of the molecule is COc1ccc(-c2cc(-c3ccc(C4CN(C=O)CCO4)cc3)cnc2N)cn1. The van der Waals surface area contributed by atoms with Crippen LogP contribution in [0, 0.1) is 0 Å². The van der Waals surface area contributed by atoms with E-state index in [1.165, 1.54) is 0 Å². The average molecular weight is 390 g/mol. The Kier molecular flexibility index (Phi) is 5.39. The Hall–Kier alpha value is -3.45. The number of benzene rings is 1. The van der Waals surface area contributed by atoms with Crippen LogP contribution in [0.3, 0.4) is 0 Å². The fraction of sp³-hybridized carbons (Fsp3) is 0.227. The number of ether oxygens (including phenoxy) is 2. The summed E-state index contributed by atoms with van der Waals surface area (Å²) in [7, 11) is 1.58. The molecule has 2 aromatic heterocycles. The highest BCUT2D eigenvalue weighted by Crippen LogP contribution is 2.31. The number of anilines is 1. The third kappa shape index (κ3) is 4.05. The lowest BCUT2D eigenvalue weighted by Gasteiger charge is -2.30. The van der Waals surface area contributed by atoms with E-state index in [1.54, 1.807) is 30.5 Å². The third-order valence-electron chi connectivity index (χ3n) is 5.04. The second-order valence-corrected chi connectivity index (χ2v) is 6.83. The summed E-state index contributed by atoms with van der Waals surface area (Å²) >= 11 is 0. The lowest BCUT2D eigenvalue weighted by molar-refractivity contribution is -0.125. The zero-order chi connectivity index (χ0) is 20.2. The molecule has 3 heterocycles. The van der Waals surface area contributed by atoms with E-state index >= 15 is 0 Å². The first kappa shape index (κ1) is 18.9. The lowest BCUT2D eigenvalue weighted by Crippen LogP contribution is -2.37. The van der Waals surface area contributed by atoms with Crippen LogP contribution in [0.2, 0.25) is 0 Å². The van der Waals surface area contributed by atoms with Crippen molar-refractivity contribution in [2.45, 2.75) is 6.10 Å². The van der Waals surface area contributed by atoms with E-state index < -0.39 is 0 Å². The number of nitrogen functional groups attached to an aromatic ring is 1. The van der Waals surface area contributed by atoms with Gasteiger partial charge in [0, 0.05) is 41.7 Å². The first-order valence-electron chi connectivity index (χ1n) is 9.35. The summed E-state index contributed by atoms with van der Waals surface area (Å²) in [5.41, 5.74) is 10.8. The summed E-state index contributed by atoms with van der Waals surface area (Å²) in [4.78, 5) is 21.4. The number of methoxy groups -OCH3 is 1. The molecule has 7 nitrogen and oxygen atoms in total. The maximum Gasteiger partial charge on any atom is 0.212 e. The molecule has 1 atom stereocenters. The van der Waals surface area contributed by atoms with Crippen molar-refractivity contribution in [3.05, 3.63) is 60.4 Å². The van der Waals surface area contributed by atoms with Crippen molar-refractivity contribution in [3.63, 3.8) is 0 Å². The number of rotatable bonds is 5. The summed E-state index contributed by atoms with van der Waals surface area (Å²) in [6, 6.07) is 13.8. The summed E-state index contributed by atoms with van der Waals surface area (Å²) in [5, 5.41) is 0. The van der Waals surface area contributed by atoms with Crippen LogP contribution >= 0.6 is 0 Å². The van der Waals surface area contributed by atoms with Crippen molar-refractivity contribution in [1.82, 2.24) is 14.9 Å². The Morgan fingerprint density at radius 3 is 2.55 bits per heavy atom. The number of nitrogens with two attached hydrogens (primary N) is 1. The number of amides is 1. The quantitative estimate of drug-likeness (QED) is 0.674. The largest absolute Gasteiger partial charge is 0.481 e. The smallest absolute Gasteiger partial charge is 0.212 e. The fourth-order valence-electron chi connectivity index (χ4n) is 3.38. The van der Waals surface area contributed by atoms with Gasteiger partial charge in [-0.05, 0) is 23.3 Å². The van der Waals surface area contributed by atoms with Crippen LogP contribution < -0.4 is 10.5 Å². The van der Waals surface area contributed by atoms with Gasteiger partial charge in [-0.25, -0.2) is 9.97 Å². The Balaban J connectivity index is 1.59. The van der Waals surface area contributed by atoms with Gasteiger partial charge in [-0.15, -0.1) is 0 Å². The number of aromatic nitrogens is 2. The van der Waals surface area contributed by atoms with Crippen molar-refractivity contribution in [2.24, 2.45) is 0 Å². The lowest BCUT2D eigenvalue weighted by atomic mass is 9.99. The van der Waals surface area contributed by atoms with Gasteiger partial charge in [0.25, 0.3) is 0 Å². The van der Waals surface area contributed by atoms with Crippen molar-refractivity contribution in [2.75, 3.05) is 32.5 Å². The third-order valence-corrected chi connectivity index (χ3v) is 5.04.